The summed E-state index contributed by atoms with van der Waals surface area (Å²) in [5, 5.41) is 8.70. The molecular weight excluding hydrogens is 180 g/mol. The lowest BCUT2D eigenvalue weighted by Gasteiger charge is -2.36. The van der Waals surface area contributed by atoms with E-state index in [1.54, 1.807) is 6.08 Å². The van der Waals surface area contributed by atoms with Crippen molar-refractivity contribution in [3.8, 4) is 0 Å². The van der Waals surface area contributed by atoms with Crippen LogP contribution in [0.4, 0.5) is 0 Å². The molecule has 2 nitrogen and oxygen atoms in total. The highest BCUT2D eigenvalue weighted by atomic mass is 28.4. The second-order valence-electron chi connectivity index (χ2n) is 4.78. The molecule has 0 aromatic heterocycles. The van der Waals surface area contributed by atoms with Gasteiger partial charge in [0.05, 0.1) is 6.26 Å². The average Bonchev–Trinajstić information content (AvgIpc) is 1.96. The van der Waals surface area contributed by atoms with Gasteiger partial charge in [-0.25, -0.2) is 0 Å². The van der Waals surface area contributed by atoms with Crippen LogP contribution in [0.3, 0.4) is 0 Å². The lowest BCUT2D eigenvalue weighted by molar-refractivity contribution is 0.293. The first-order chi connectivity index (χ1) is 5.81. The summed E-state index contributed by atoms with van der Waals surface area (Å²) in [6, 6.07) is 0. The normalized spacial score (nSPS) is 13.9. The summed E-state index contributed by atoms with van der Waals surface area (Å²) in [6.07, 6.45) is 3.59. The largest absolute Gasteiger partial charge is 0.516 e. The lowest BCUT2D eigenvalue weighted by atomic mass is 10.2. The van der Waals surface area contributed by atoms with Gasteiger partial charge in [-0.05, 0) is 30.6 Å². The quantitative estimate of drug-likeness (QED) is 0.430. The van der Waals surface area contributed by atoms with Gasteiger partial charge in [0.25, 0.3) is 0 Å². The van der Waals surface area contributed by atoms with E-state index in [9.17, 15) is 0 Å². The number of aliphatic hydroxyl groups is 1. The molecule has 0 unspecified atom stereocenters. The van der Waals surface area contributed by atoms with Crippen LogP contribution >= 0.6 is 0 Å². The van der Waals surface area contributed by atoms with Crippen molar-refractivity contribution in [2.45, 2.75) is 45.3 Å². The van der Waals surface area contributed by atoms with E-state index in [2.05, 4.69) is 33.9 Å². The molecule has 1 N–H and O–H groups in total. The average molecular weight is 202 g/mol. The first kappa shape index (κ1) is 12.7. The van der Waals surface area contributed by atoms with Gasteiger partial charge in [-0.3, -0.25) is 0 Å². The smallest absolute Gasteiger partial charge is 0.191 e. The lowest BCUT2D eigenvalue weighted by Crippen LogP contribution is -2.40. The van der Waals surface area contributed by atoms with Crippen LogP contribution in [0.15, 0.2) is 12.3 Å². The van der Waals surface area contributed by atoms with Crippen molar-refractivity contribution in [2.75, 3.05) is 6.61 Å². The first-order valence-electron chi connectivity index (χ1n) is 4.74. The molecule has 0 heterocycles. The predicted molar refractivity (Wildman–Crippen MR) is 59.5 cm³/mol. The molecule has 0 aromatic carbocycles. The fourth-order valence-corrected chi connectivity index (χ4v) is 1.73. The van der Waals surface area contributed by atoms with Gasteiger partial charge in [-0.1, -0.05) is 20.8 Å². The van der Waals surface area contributed by atoms with Gasteiger partial charge in [0.15, 0.2) is 8.32 Å². The van der Waals surface area contributed by atoms with E-state index in [0.29, 0.717) is 6.61 Å². The molecular formula is C10H22O2Si. The highest BCUT2D eigenvalue weighted by molar-refractivity contribution is 6.74. The fourth-order valence-electron chi connectivity index (χ4n) is 0.673. The van der Waals surface area contributed by atoms with Gasteiger partial charge >= 0.3 is 0 Å². The Morgan fingerprint density at radius 2 is 1.85 bits per heavy atom. The Labute approximate surface area is 82.7 Å². The maximum absolute atomic E-state index is 8.43. The Hall–Kier alpha value is -0.283. The molecule has 0 atom stereocenters. The first-order valence-corrected chi connectivity index (χ1v) is 7.65. The number of hydrogen-bond acceptors (Lipinski definition) is 2. The van der Waals surface area contributed by atoms with Crippen molar-refractivity contribution in [1.82, 2.24) is 0 Å². The van der Waals surface area contributed by atoms with Crippen molar-refractivity contribution < 1.29 is 9.53 Å². The summed E-state index contributed by atoms with van der Waals surface area (Å²) in [5.41, 5.74) is 0. The Morgan fingerprint density at radius 3 is 2.23 bits per heavy atom. The molecule has 0 fully saturated rings. The van der Waals surface area contributed by atoms with Gasteiger partial charge in [-0.2, -0.15) is 0 Å². The van der Waals surface area contributed by atoms with Crippen LogP contribution in [0.5, 0.6) is 0 Å². The predicted octanol–water partition coefficient (Wildman–Crippen LogP) is 3.47. The van der Waals surface area contributed by atoms with E-state index >= 15 is 0 Å². The van der Waals surface area contributed by atoms with E-state index in [1.165, 1.54) is 0 Å². The molecule has 0 aliphatic heterocycles. The molecule has 78 valence electrons. The third-order valence-corrected chi connectivity index (χ3v) is 7.20. The third kappa shape index (κ3) is 4.48. The SMILES string of the molecule is CC(C)(C)[Si](C)(C)OCCC=CO. The number of hydrogen-bond donors (Lipinski definition) is 1. The van der Waals surface area contributed by atoms with Crippen LogP contribution in [0.25, 0.3) is 0 Å². The van der Waals surface area contributed by atoms with Crippen LogP contribution in [-0.4, -0.2) is 20.0 Å². The second kappa shape index (κ2) is 4.82. The van der Waals surface area contributed by atoms with Gasteiger partial charge in [0.1, 0.15) is 0 Å². The zero-order valence-electron chi connectivity index (χ0n) is 9.42. The molecule has 3 heteroatoms. The molecule has 0 rings (SSSR count). The van der Waals surface area contributed by atoms with Crippen LogP contribution in [0.2, 0.25) is 18.1 Å². The van der Waals surface area contributed by atoms with Crippen molar-refractivity contribution in [1.29, 1.82) is 0 Å². The summed E-state index contributed by atoms with van der Waals surface area (Å²) in [7, 11) is -1.57. The van der Waals surface area contributed by atoms with Gasteiger partial charge < -0.3 is 9.53 Å². The highest BCUT2D eigenvalue weighted by Crippen LogP contribution is 2.36. The van der Waals surface area contributed by atoms with Gasteiger partial charge in [-0.15, -0.1) is 0 Å². The molecule has 0 aromatic rings. The van der Waals surface area contributed by atoms with Crippen molar-refractivity contribution >= 4 is 8.32 Å². The van der Waals surface area contributed by atoms with Crippen LogP contribution in [-0.2, 0) is 4.43 Å². The maximum atomic E-state index is 8.43. The molecule has 13 heavy (non-hydrogen) atoms. The van der Waals surface area contributed by atoms with E-state index in [0.717, 1.165) is 12.7 Å². The minimum atomic E-state index is -1.57. The monoisotopic (exact) mass is 202 g/mol. The molecule has 0 spiro atoms. The fraction of sp³-hybridized carbons (Fsp3) is 0.800. The number of rotatable bonds is 4. The van der Waals surface area contributed by atoms with E-state index < -0.39 is 8.32 Å². The topological polar surface area (TPSA) is 29.5 Å². The Balaban J connectivity index is 3.90. The van der Waals surface area contributed by atoms with Gasteiger partial charge in [0, 0.05) is 6.61 Å². The third-order valence-electron chi connectivity index (χ3n) is 2.66. The minimum absolute atomic E-state index is 0.274. The molecule has 0 aliphatic rings. The Bertz CT molecular complexity index is 168. The van der Waals surface area contributed by atoms with Crippen molar-refractivity contribution in [3.05, 3.63) is 12.3 Å². The van der Waals surface area contributed by atoms with E-state index in [-0.39, 0.29) is 5.04 Å². The van der Waals surface area contributed by atoms with E-state index in [1.807, 2.05) is 0 Å². The Kier molecular flexibility index (Phi) is 4.71. The number of aliphatic hydroxyl groups excluding tert-OH is 1. The summed E-state index contributed by atoms with van der Waals surface area (Å²) in [5.74, 6) is 0. The minimum Gasteiger partial charge on any atom is -0.516 e. The molecule has 0 saturated heterocycles. The highest BCUT2D eigenvalue weighted by Gasteiger charge is 2.36. The second-order valence-corrected chi connectivity index (χ2v) is 9.59. The van der Waals surface area contributed by atoms with Crippen molar-refractivity contribution in [2.24, 2.45) is 0 Å². The zero-order valence-corrected chi connectivity index (χ0v) is 10.4. The summed E-state index contributed by atoms with van der Waals surface area (Å²) >= 11 is 0. The molecule has 0 aliphatic carbocycles. The maximum Gasteiger partial charge on any atom is 0.191 e. The summed E-state index contributed by atoms with van der Waals surface area (Å²) in [6.45, 7) is 11.8. The zero-order chi connectivity index (χ0) is 10.5. The summed E-state index contributed by atoms with van der Waals surface area (Å²) < 4.78 is 5.87. The van der Waals surface area contributed by atoms with E-state index in [4.69, 9.17) is 9.53 Å². The van der Waals surface area contributed by atoms with Crippen molar-refractivity contribution in [3.63, 3.8) is 0 Å². The molecule has 0 bridgehead atoms. The standard InChI is InChI=1S/C10H22O2Si/c1-10(2,3)13(4,5)12-9-7-6-8-11/h6,8,11H,7,9H2,1-5H3. The molecule has 0 amide bonds. The molecule has 0 radical (unpaired) electrons. The van der Waals surface area contributed by atoms with Gasteiger partial charge in [0.2, 0.25) is 0 Å². The summed E-state index contributed by atoms with van der Waals surface area (Å²) in [4.78, 5) is 0. The van der Waals surface area contributed by atoms with Crippen LogP contribution in [0.1, 0.15) is 27.2 Å². The Morgan fingerprint density at radius 1 is 1.31 bits per heavy atom. The van der Waals surface area contributed by atoms with Crippen LogP contribution in [0, 0.1) is 0 Å². The molecule has 0 saturated carbocycles. The van der Waals surface area contributed by atoms with Crippen LogP contribution < -0.4 is 0 Å².